The maximum absolute atomic E-state index is 12.8. The molecule has 0 saturated carbocycles. The number of likely N-dealkylation sites (tertiary alicyclic amines) is 1. The number of amides is 1. The number of aromatic nitrogens is 5. The number of benzene rings is 1. The standard InChI is InChI=1S/C18H20N6O/c1-14-5-7-15(8-6-14)24-13-17(20-21-24)18(25)22-10-2-4-16(12-22)23-11-3-9-19-23/h3,5-9,11,13,16H,2,4,10,12H2,1H3/t16-/m1/s1. The molecular formula is C18H20N6O. The molecule has 1 atom stereocenters. The molecule has 1 fully saturated rings. The van der Waals surface area contributed by atoms with E-state index in [9.17, 15) is 4.79 Å². The molecule has 0 unspecified atom stereocenters. The number of aryl methyl sites for hydroxylation is 1. The van der Waals surface area contributed by atoms with Crippen LogP contribution in [0.15, 0.2) is 48.9 Å². The predicted octanol–water partition coefficient (Wildman–Crippen LogP) is 2.25. The first-order valence-corrected chi connectivity index (χ1v) is 8.48. The van der Waals surface area contributed by atoms with Gasteiger partial charge in [-0.1, -0.05) is 22.9 Å². The molecule has 1 saturated heterocycles. The Morgan fingerprint density at radius 2 is 2.08 bits per heavy atom. The molecule has 1 aromatic carbocycles. The van der Waals surface area contributed by atoms with E-state index in [0.29, 0.717) is 12.2 Å². The van der Waals surface area contributed by atoms with Gasteiger partial charge < -0.3 is 4.90 Å². The van der Waals surface area contributed by atoms with E-state index in [-0.39, 0.29) is 11.9 Å². The van der Waals surface area contributed by atoms with Crippen molar-refractivity contribution in [2.24, 2.45) is 0 Å². The van der Waals surface area contributed by atoms with E-state index in [1.807, 2.05) is 53.0 Å². The SMILES string of the molecule is Cc1ccc(-n2cc(C(=O)N3CCC[C@@H](n4cccn4)C3)nn2)cc1. The van der Waals surface area contributed by atoms with Crippen molar-refractivity contribution in [3.63, 3.8) is 0 Å². The zero-order chi connectivity index (χ0) is 17.2. The van der Waals surface area contributed by atoms with Crippen LogP contribution in [-0.4, -0.2) is 48.7 Å². The Balaban J connectivity index is 1.50. The van der Waals surface area contributed by atoms with Gasteiger partial charge in [0, 0.05) is 25.5 Å². The van der Waals surface area contributed by atoms with E-state index >= 15 is 0 Å². The number of rotatable bonds is 3. The largest absolute Gasteiger partial charge is 0.335 e. The maximum Gasteiger partial charge on any atom is 0.276 e. The van der Waals surface area contributed by atoms with Gasteiger partial charge in [0.2, 0.25) is 0 Å². The number of carbonyl (C=O) groups is 1. The molecule has 25 heavy (non-hydrogen) atoms. The van der Waals surface area contributed by atoms with Gasteiger partial charge in [0.15, 0.2) is 5.69 Å². The van der Waals surface area contributed by atoms with Gasteiger partial charge in [0.05, 0.1) is 17.9 Å². The lowest BCUT2D eigenvalue weighted by Gasteiger charge is -2.32. The minimum Gasteiger partial charge on any atom is -0.335 e. The molecule has 0 spiro atoms. The monoisotopic (exact) mass is 336 g/mol. The van der Waals surface area contributed by atoms with Gasteiger partial charge in [0.1, 0.15) is 0 Å². The zero-order valence-electron chi connectivity index (χ0n) is 14.1. The summed E-state index contributed by atoms with van der Waals surface area (Å²) in [7, 11) is 0. The lowest BCUT2D eigenvalue weighted by Crippen LogP contribution is -2.41. The molecule has 1 aliphatic rings. The van der Waals surface area contributed by atoms with Crippen LogP contribution in [0.3, 0.4) is 0 Å². The van der Waals surface area contributed by atoms with Gasteiger partial charge in [-0.3, -0.25) is 9.48 Å². The highest BCUT2D eigenvalue weighted by Crippen LogP contribution is 2.22. The normalized spacial score (nSPS) is 17.6. The zero-order valence-corrected chi connectivity index (χ0v) is 14.1. The molecule has 0 radical (unpaired) electrons. The van der Waals surface area contributed by atoms with Gasteiger partial charge in [-0.25, -0.2) is 4.68 Å². The van der Waals surface area contributed by atoms with Crippen LogP contribution in [0.2, 0.25) is 0 Å². The summed E-state index contributed by atoms with van der Waals surface area (Å²) < 4.78 is 3.57. The highest BCUT2D eigenvalue weighted by Gasteiger charge is 2.27. The number of nitrogens with zero attached hydrogens (tertiary/aromatic N) is 6. The molecule has 1 amide bonds. The van der Waals surface area contributed by atoms with Crippen molar-refractivity contribution in [1.29, 1.82) is 0 Å². The fraction of sp³-hybridized carbons (Fsp3) is 0.333. The van der Waals surface area contributed by atoms with Crippen molar-refractivity contribution in [3.05, 3.63) is 60.2 Å². The third-order valence-electron chi connectivity index (χ3n) is 4.59. The van der Waals surface area contributed by atoms with Crippen LogP contribution in [0.4, 0.5) is 0 Å². The Bertz CT molecular complexity index is 852. The lowest BCUT2D eigenvalue weighted by atomic mass is 10.1. The second kappa shape index (κ2) is 6.51. The molecule has 128 valence electrons. The average Bonchev–Trinajstić information content (AvgIpc) is 3.34. The van der Waals surface area contributed by atoms with Crippen LogP contribution in [0, 0.1) is 6.92 Å². The summed E-state index contributed by atoms with van der Waals surface area (Å²) in [5.74, 6) is -0.0739. The molecule has 0 N–H and O–H groups in total. The molecular weight excluding hydrogens is 316 g/mol. The van der Waals surface area contributed by atoms with Crippen molar-refractivity contribution in [2.75, 3.05) is 13.1 Å². The smallest absolute Gasteiger partial charge is 0.276 e. The Labute approximate surface area is 145 Å². The maximum atomic E-state index is 12.8. The van der Waals surface area contributed by atoms with E-state index in [0.717, 1.165) is 25.1 Å². The Hall–Kier alpha value is -2.96. The van der Waals surface area contributed by atoms with Crippen molar-refractivity contribution in [3.8, 4) is 5.69 Å². The van der Waals surface area contributed by atoms with Gasteiger partial charge >= 0.3 is 0 Å². The molecule has 7 heteroatoms. The predicted molar refractivity (Wildman–Crippen MR) is 92.5 cm³/mol. The van der Waals surface area contributed by atoms with Gasteiger partial charge in [-0.2, -0.15) is 5.10 Å². The number of hydrogen-bond acceptors (Lipinski definition) is 4. The first kappa shape index (κ1) is 15.6. The minimum absolute atomic E-state index is 0.0739. The average molecular weight is 336 g/mol. The summed E-state index contributed by atoms with van der Waals surface area (Å²) in [6.07, 6.45) is 7.41. The Kier molecular flexibility index (Phi) is 4.05. The molecule has 3 heterocycles. The molecule has 2 aromatic heterocycles. The van der Waals surface area contributed by atoms with E-state index < -0.39 is 0 Å². The molecule has 0 bridgehead atoms. The molecule has 3 aromatic rings. The van der Waals surface area contributed by atoms with E-state index in [1.165, 1.54) is 5.56 Å². The van der Waals surface area contributed by atoms with Crippen LogP contribution >= 0.6 is 0 Å². The van der Waals surface area contributed by atoms with Crippen LogP contribution in [0.1, 0.15) is 34.9 Å². The number of hydrogen-bond donors (Lipinski definition) is 0. The van der Waals surface area contributed by atoms with E-state index in [4.69, 9.17) is 0 Å². The van der Waals surface area contributed by atoms with Crippen molar-refractivity contribution in [1.82, 2.24) is 29.7 Å². The first-order chi connectivity index (χ1) is 12.2. The fourth-order valence-electron chi connectivity index (χ4n) is 3.20. The van der Waals surface area contributed by atoms with Crippen LogP contribution < -0.4 is 0 Å². The van der Waals surface area contributed by atoms with Crippen molar-refractivity contribution in [2.45, 2.75) is 25.8 Å². The van der Waals surface area contributed by atoms with Crippen LogP contribution in [0.5, 0.6) is 0 Å². The number of piperidine rings is 1. The Morgan fingerprint density at radius 1 is 1.24 bits per heavy atom. The fourth-order valence-corrected chi connectivity index (χ4v) is 3.20. The third-order valence-corrected chi connectivity index (χ3v) is 4.59. The summed E-state index contributed by atoms with van der Waals surface area (Å²) >= 11 is 0. The summed E-state index contributed by atoms with van der Waals surface area (Å²) in [5.41, 5.74) is 2.45. The summed E-state index contributed by atoms with van der Waals surface area (Å²) in [6.45, 7) is 3.43. The molecule has 4 rings (SSSR count). The quantitative estimate of drug-likeness (QED) is 0.736. The van der Waals surface area contributed by atoms with Crippen LogP contribution in [0.25, 0.3) is 5.69 Å². The molecule has 0 aliphatic carbocycles. The van der Waals surface area contributed by atoms with E-state index in [2.05, 4.69) is 15.4 Å². The Morgan fingerprint density at radius 3 is 2.84 bits per heavy atom. The van der Waals surface area contributed by atoms with Crippen molar-refractivity contribution < 1.29 is 4.79 Å². The van der Waals surface area contributed by atoms with Gasteiger partial charge in [-0.05, 0) is 38.0 Å². The second-order valence-electron chi connectivity index (χ2n) is 6.42. The van der Waals surface area contributed by atoms with Gasteiger partial charge in [0.25, 0.3) is 5.91 Å². The summed E-state index contributed by atoms with van der Waals surface area (Å²) in [6, 6.07) is 10.1. The van der Waals surface area contributed by atoms with E-state index in [1.54, 1.807) is 17.1 Å². The van der Waals surface area contributed by atoms with Crippen LogP contribution in [-0.2, 0) is 0 Å². The van der Waals surface area contributed by atoms with Gasteiger partial charge in [-0.15, -0.1) is 5.10 Å². The highest BCUT2D eigenvalue weighted by molar-refractivity contribution is 5.92. The van der Waals surface area contributed by atoms with Crippen molar-refractivity contribution >= 4 is 5.91 Å². The number of carbonyl (C=O) groups excluding carboxylic acids is 1. The minimum atomic E-state index is -0.0739. The summed E-state index contributed by atoms with van der Waals surface area (Å²) in [5, 5.41) is 12.5. The summed E-state index contributed by atoms with van der Waals surface area (Å²) in [4.78, 5) is 14.6. The topological polar surface area (TPSA) is 68.8 Å². The third kappa shape index (κ3) is 3.17. The molecule has 7 nitrogen and oxygen atoms in total. The second-order valence-corrected chi connectivity index (χ2v) is 6.42. The first-order valence-electron chi connectivity index (χ1n) is 8.48. The highest BCUT2D eigenvalue weighted by atomic mass is 16.2. The molecule has 1 aliphatic heterocycles. The lowest BCUT2D eigenvalue weighted by molar-refractivity contribution is 0.0667.